The summed E-state index contributed by atoms with van der Waals surface area (Å²) in [4.78, 5) is 15.3. The molecule has 6 heteroatoms. The van der Waals surface area contributed by atoms with Crippen molar-refractivity contribution in [3.8, 4) is 0 Å². The van der Waals surface area contributed by atoms with Crippen LogP contribution in [0, 0.1) is 0 Å². The maximum absolute atomic E-state index is 11.4. The summed E-state index contributed by atoms with van der Waals surface area (Å²) in [5.41, 5.74) is 7.49. The largest absolute Gasteiger partial charge is 0.460 e. The normalized spacial score (nSPS) is 10.4. The summed E-state index contributed by atoms with van der Waals surface area (Å²) >= 11 is 0. The van der Waals surface area contributed by atoms with Crippen molar-refractivity contribution < 1.29 is 14.1 Å². The van der Waals surface area contributed by atoms with E-state index < -0.39 is 5.97 Å². The molecule has 0 radical (unpaired) electrons. The van der Waals surface area contributed by atoms with Crippen LogP contribution >= 0.6 is 0 Å². The van der Waals surface area contributed by atoms with E-state index in [9.17, 15) is 4.79 Å². The van der Waals surface area contributed by atoms with Gasteiger partial charge in [-0.05, 0) is 36.2 Å². The molecule has 6 nitrogen and oxygen atoms in total. The molecule has 0 amide bonds. The molecule has 0 bridgehead atoms. The monoisotopic (exact) mass is 261 g/mol. The highest BCUT2D eigenvalue weighted by molar-refractivity contribution is 5.84. The van der Waals surface area contributed by atoms with Crippen molar-refractivity contribution in [2.75, 3.05) is 12.3 Å². The van der Waals surface area contributed by atoms with Crippen molar-refractivity contribution in [1.82, 2.24) is 10.1 Å². The van der Waals surface area contributed by atoms with E-state index in [1.54, 1.807) is 6.92 Å². The summed E-state index contributed by atoms with van der Waals surface area (Å²) < 4.78 is 9.77. The number of aromatic nitrogens is 2. The van der Waals surface area contributed by atoms with Crippen molar-refractivity contribution in [2.24, 2.45) is 0 Å². The number of nitrogen functional groups attached to an aromatic ring is 1. The average molecular weight is 261 g/mol. The van der Waals surface area contributed by atoms with Crippen molar-refractivity contribution in [3.05, 3.63) is 41.5 Å². The quantitative estimate of drug-likeness (QED) is 0.649. The lowest BCUT2D eigenvalue weighted by molar-refractivity contribution is 0.0508. The molecule has 1 aromatic heterocycles. The van der Waals surface area contributed by atoms with E-state index in [1.807, 2.05) is 24.3 Å². The van der Waals surface area contributed by atoms with Crippen LogP contribution < -0.4 is 5.73 Å². The third-order valence-corrected chi connectivity index (χ3v) is 2.50. The van der Waals surface area contributed by atoms with Crippen molar-refractivity contribution >= 4 is 11.7 Å². The first-order valence-corrected chi connectivity index (χ1v) is 6.03. The van der Waals surface area contributed by atoms with E-state index in [1.165, 1.54) is 0 Å². The summed E-state index contributed by atoms with van der Waals surface area (Å²) in [5, 5.41) is 3.58. The molecular formula is C13H15N3O3. The lowest BCUT2D eigenvalue weighted by atomic mass is 10.1. The van der Waals surface area contributed by atoms with Gasteiger partial charge in [0.2, 0.25) is 5.89 Å². The van der Waals surface area contributed by atoms with Gasteiger partial charge in [-0.1, -0.05) is 12.1 Å². The average Bonchev–Trinajstić information content (AvgIpc) is 2.86. The molecule has 1 aromatic carbocycles. The summed E-state index contributed by atoms with van der Waals surface area (Å²) in [6.45, 7) is 2.00. The van der Waals surface area contributed by atoms with E-state index in [2.05, 4.69) is 10.1 Å². The van der Waals surface area contributed by atoms with E-state index in [0.717, 1.165) is 17.7 Å². The second-order valence-electron chi connectivity index (χ2n) is 3.98. The second-order valence-corrected chi connectivity index (χ2v) is 3.98. The number of ether oxygens (including phenoxy) is 1. The molecular weight excluding hydrogens is 246 g/mol. The van der Waals surface area contributed by atoms with E-state index in [4.69, 9.17) is 15.0 Å². The SMILES string of the molecule is CCOC(=O)c1noc(CCc2cccc(N)c2)n1. The van der Waals surface area contributed by atoms with Gasteiger partial charge in [0.25, 0.3) is 5.82 Å². The van der Waals surface area contributed by atoms with Crippen LogP contribution in [0.2, 0.25) is 0 Å². The Labute approximate surface area is 110 Å². The molecule has 2 rings (SSSR count). The Hall–Kier alpha value is -2.37. The molecule has 100 valence electrons. The zero-order valence-corrected chi connectivity index (χ0v) is 10.6. The number of nitrogens with two attached hydrogens (primary N) is 1. The number of esters is 1. The maximum atomic E-state index is 11.4. The second kappa shape index (κ2) is 5.99. The number of nitrogens with zero attached hydrogens (tertiary/aromatic N) is 2. The van der Waals surface area contributed by atoms with Gasteiger partial charge in [0.05, 0.1) is 6.61 Å². The molecule has 0 saturated heterocycles. The number of benzene rings is 1. The van der Waals surface area contributed by atoms with Crippen molar-refractivity contribution in [1.29, 1.82) is 0 Å². The molecule has 0 atom stereocenters. The zero-order chi connectivity index (χ0) is 13.7. The molecule has 1 heterocycles. The minimum atomic E-state index is -0.568. The third-order valence-electron chi connectivity index (χ3n) is 2.50. The van der Waals surface area contributed by atoms with Gasteiger partial charge in [-0.25, -0.2) is 4.79 Å². The first kappa shape index (κ1) is 13.1. The van der Waals surface area contributed by atoms with Crippen molar-refractivity contribution in [2.45, 2.75) is 19.8 Å². The van der Waals surface area contributed by atoms with E-state index >= 15 is 0 Å². The van der Waals surface area contributed by atoms with Crippen LogP contribution in [0.1, 0.15) is 29.0 Å². The van der Waals surface area contributed by atoms with Gasteiger partial charge in [0.1, 0.15) is 0 Å². The van der Waals surface area contributed by atoms with Gasteiger partial charge >= 0.3 is 5.97 Å². The molecule has 0 spiro atoms. The number of carbonyl (C=O) groups excluding carboxylic acids is 1. The fraction of sp³-hybridized carbons (Fsp3) is 0.308. The molecule has 0 saturated carbocycles. The number of anilines is 1. The van der Waals surface area contributed by atoms with Gasteiger partial charge in [-0.15, -0.1) is 0 Å². The molecule has 0 aliphatic rings. The van der Waals surface area contributed by atoms with Crippen LogP contribution in [0.15, 0.2) is 28.8 Å². The molecule has 0 aliphatic carbocycles. The Morgan fingerprint density at radius 3 is 3.00 bits per heavy atom. The molecule has 19 heavy (non-hydrogen) atoms. The van der Waals surface area contributed by atoms with Gasteiger partial charge < -0.3 is 15.0 Å². The number of hydrogen-bond donors (Lipinski definition) is 1. The molecule has 2 N–H and O–H groups in total. The van der Waals surface area contributed by atoms with Crippen LogP contribution in [0.3, 0.4) is 0 Å². The Morgan fingerprint density at radius 1 is 1.42 bits per heavy atom. The smallest absolute Gasteiger partial charge is 0.379 e. The van der Waals surface area contributed by atoms with Crippen molar-refractivity contribution in [3.63, 3.8) is 0 Å². The minimum absolute atomic E-state index is 0.0376. The van der Waals surface area contributed by atoms with Crippen LogP contribution in [-0.2, 0) is 17.6 Å². The van der Waals surface area contributed by atoms with E-state index in [0.29, 0.717) is 12.3 Å². The predicted molar refractivity (Wildman–Crippen MR) is 68.5 cm³/mol. The Bertz CT molecular complexity index is 566. The third kappa shape index (κ3) is 3.54. The highest BCUT2D eigenvalue weighted by Gasteiger charge is 2.15. The first-order chi connectivity index (χ1) is 9.19. The maximum Gasteiger partial charge on any atom is 0.379 e. The summed E-state index contributed by atoms with van der Waals surface area (Å²) in [6, 6.07) is 7.58. The Balaban J connectivity index is 1.95. The van der Waals surface area contributed by atoms with Crippen LogP contribution in [0.5, 0.6) is 0 Å². The highest BCUT2D eigenvalue weighted by atomic mass is 16.5. The number of aryl methyl sites for hydroxylation is 2. The van der Waals surface area contributed by atoms with Crippen LogP contribution in [0.4, 0.5) is 5.69 Å². The van der Waals surface area contributed by atoms with Gasteiger partial charge in [0, 0.05) is 12.1 Å². The lowest BCUT2D eigenvalue weighted by Crippen LogP contribution is -2.06. The topological polar surface area (TPSA) is 91.2 Å². The lowest BCUT2D eigenvalue weighted by Gasteiger charge is -1.99. The summed E-state index contributed by atoms with van der Waals surface area (Å²) in [6.07, 6.45) is 1.27. The fourth-order valence-corrected chi connectivity index (χ4v) is 1.63. The summed E-state index contributed by atoms with van der Waals surface area (Å²) in [7, 11) is 0. The van der Waals surface area contributed by atoms with Crippen LogP contribution in [-0.4, -0.2) is 22.7 Å². The standard InChI is InChI=1S/C13H15N3O3/c1-2-18-13(17)12-15-11(19-16-12)7-6-9-4-3-5-10(14)8-9/h3-5,8H,2,6-7,14H2,1H3. The first-order valence-electron chi connectivity index (χ1n) is 6.03. The van der Waals surface area contributed by atoms with Gasteiger partial charge in [0.15, 0.2) is 0 Å². The summed E-state index contributed by atoms with van der Waals surface area (Å²) in [5.74, 6) is -0.198. The fourth-order valence-electron chi connectivity index (χ4n) is 1.63. The van der Waals surface area contributed by atoms with Crippen LogP contribution in [0.25, 0.3) is 0 Å². The molecule has 0 aliphatic heterocycles. The molecule has 0 fully saturated rings. The number of carbonyl (C=O) groups is 1. The predicted octanol–water partition coefficient (Wildman–Crippen LogP) is 1.61. The number of rotatable bonds is 5. The van der Waals surface area contributed by atoms with Gasteiger partial charge in [-0.2, -0.15) is 4.98 Å². The number of hydrogen-bond acceptors (Lipinski definition) is 6. The van der Waals surface area contributed by atoms with E-state index in [-0.39, 0.29) is 12.4 Å². The Kier molecular flexibility index (Phi) is 4.12. The Morgan fingerprint density at radius 2 is 2.26 bits per heavy atom. The molecule has 2 aromatic rings. The highest BCUT2D eigenvalue weighted by Crippen LogP contribution is 2.10. The zero-order valence-electron chi connectivity index (χ0n) is 10.6. The van der Waals surface area contributed by atoms with Gasteiger partial charge in [-0.3, -0.25) is 0 Å². The molecule has 0 unspecified atom stereocenters. The minimum Gasteiger partial charge on any atom is -0.460 e.